The minimum Gasteiger partial charge on any atom is -0.395 e. The van der Waals surface area contributed by atoms with Crippen molar-refractivity contribution in [1.82, 2.24) is 14.9 Å². The Labute approximate surface area is 174 Å². The molecule has 1 aliphatic rings. The smallest absolute Gasteiger partial charge is 0.0558 e. The van der Waals surface area contributed by atoms with Crippen LogP contribution in [0.15, 0.2) is 30.3 Å². The number of H-pyrrole nitrogens is 1. The molecule has 0 spiro atoms. The number of fused-ring (bicyclic) bond motifs is 1. The number of likely N-dealkylation sites (tertiary alicyclic amines) is 1. The standard InChI is InChI=1S/C25H33N3O/c1-16(2)24-22-15-20(19-7-9-28(10-8-19)11-12-29)5-6-23(22)27-25(24)21-13-17(3)26-18(4)14-21/h5-6,13-16,19,27,29H,7-12H2,1-4H3. The molecule has 1 aliphatic heterocycles. The highest BCUT2D eigenvalue weighted by Gasteiger charge is 2.22. The second-order valence-corrected chi connectivity index (χ2v) is 8.85. The van der Waals surface area contributed by atoms with Crippen LogP contribution in [0, 0.1) is 13.8 Å². The van der Waals surface area contributed by atoms with E-state index in [9.17, 15) is 5.11 Å². The van der Waals surface area contributed by atoms with Crippen LogP contribution in [0.2, 0.25) is 0 Å². The van der Waals surface area contributed by atoms with Crippen LogP contribution in [0.4, 0.5) is 0 Å². The van der Waals surface area contributed by atoms with Gasteiger partial charge in [-0.2, -0.15) is 0 Å². The fourth-order valence-corrected chi connectivity index (χ4v) is 4.92. The molecule has 154 valence electrons. The zero-order valence-corrected chi connectivity index (χ0v) is 18.1. The molecular formula is C25H33N3O. The molecule has 0 bridgehead atoms. The van der Waals surface area contributed by atoms with Crippen LogP contribution in [-0.2, 0) is 0 Å². The molecule has 0 saturated carbocycles. The van der Waals surface area contributed by atoms with Gasteiger partial charge in [-0.25, -0.2) is 0 Å². The van der Waals surface area contributed by atoms with Gasteiger partial charge in [-0.05, 0) is 87.0 Å². The lowest BCUT2D eigenvalue weighted by Gasteiger charge is -2.31. The third-order valence-corrected chi connectivity index (χ3v) is 6.29. The lowest BCUT2D eigenvalue weighted by Crippen LogP contribution is -2.34. The predicted molar refractivity (Wildman–Crippen MR) is 121 cm³/mol. The maximum absolute atomic E-state index is 9.18. The van der Waals surface area contributed by atoms with Gasteiger partial charge in [0.2, 0.25) is 0 Å². The molecule has 3 heterocycles. The van der Waals surface area contributed by atoms with Gasteiger partial charge in [-0.3, -0.25) is 4.98 Å². The maximum Gasteiger partial charge on any atom is 0.0558 e. The molecule has 1 fully saturated rings. The molecule has 0 atom stereocenters. The van der Waals surface area contributed by atoms with Crippen LogP contribution in [0.1, 0.15) is 61.0 Å². The average molecular weight is 392 g/mol. The number of aromatic nitrogens is 2. The highest BCUT2D eigenvalue weighted by molar-refractivity contribution is 5.92. The molecule has 29 heavy (non-hydrogen) atoms. The van der Waals surface area contributed by atoms with Crippen LogP contribution in [0.25, 0.3) is 22.2 Å². The van der Waals surface area contributed by atoms with E-state index in [2.05, 4.69) is 72.9 Å². The molecule has 4 rings (SSSR count). The molecule has 4 nitrogen and oxygen atoms in total. The average Bonchev–Trinajstić information content (AvgIpc) is 3.07. The number of hydrogen-bond acceptors (Lipinski definition) is 3. The molecule has 4 heteroatoms. The molecule has 0 amide bonds. The van der Waals surface area contributed by atoms with E-state index in [0.29, 0.717) is 11.8 Å². The zero-order valence-electron chi connectivity index (χ0n) is 18.1. The molecule has 1 aromatic carbocycles. The second kappa shape index (κ2) is 8.29. The zero-order chi connectivity index (χ0) is 20.5. The Balaban J connectivity index is 1.72. The number of rotatable bonds is 5. The first-order chi connectivity index (χ1) is 14.0. The van der Waals surface area contributed by atoms with E-state index in [-0.39, 0.29) is 6.61 Å². The van der Waals surface area contributed by atoms with Crippen molar-refractivity contribution in [3.63, 3.8) is 0 Å². The first-order valence-corrected chi connectivity index (χ1v) is 10.9. The Kier molecular flexibility index (Phi) is 5.75. The number of hydrogen-bond donors (Lipinski definition) is 2. The lowest BCUT2D eigenvalue weighted by molar-refractivity contribution is 0.164. The number of pyridine rings is 1. The molecule has 3 aromatic rings. The number of aryl methyl sites for hydroxylation is 2. The van der Waals surface area contributed by atoms with Gasteiger partial charge in [0.15, 0.2) is 0 Å². The number of benzene rings is 1. The summed E-state index contributed by atoms with van der Waals surface area (Å²) in [6.45, 7) is 11.9. The molecular weight excluding hydrogens is 358 g/mol. The van der Waals surface area contributed by atoms with E-state index < -0.39 is 0 Å². The summed E-state index contributed by atoms with van der Waals surface area (Å²) in [6, 6.07) is 11.4. The summed E-state index contributed by atoms with van der Waals surface area (Å²) in [5, 5.41) is 10.5. The van der Waals surface area contributed by atoms with Gasteiger partial charge in [-0.1, -0.05) is 19.9 Å². The molecule has 1 saturated heterocycles. The van der Waals surface area contributed by atoms with Crippen molar-refractivity contribution in [2.24, 2.45) is 0 Å². The minimum absolute atomic E-state index is 0.258. The Bertz CT molecular complexity index is 976. The highest BCUT2D eigenvalue weighted by atomic mass is 16.3. The summed E-state index contributed by atoms with van der Waals surface area (Å²) < 4.78 is 0. The monoisotopic (exact) mass is 391 g/mol. The Morgan fingerprint density at radius 3 is 2.41 bits per heavy atom. The van der Waals surface area contributed by atoms with Gasteiger partial charge < -0.3 is 15.0 Å². The number of nitrogens with zero attached hydrogens (tertiary/aromatic N) is 2. The summed E-state index contributed by atoms with van der Waals surface area (Å²) >= 11 is 0. The van der Waals surface area contributed by atoms with Crippen molar-refractivity contribution < 1.29 is 5.11 Å². The fraction of sp³-hybridized carbons (Fsp3) is 0.480. The van der Waals surface area contributed by atoms with Crippen molar-refractivity contribution >= 4 is 10.9 Å². The molecule has 2 aromatic heterocycles. The van der Waals surface area contributed by atoms with Gasteiger partial charge in [-0.15, -0.1) is 0 Å². The van der Waals surface area contributed by atoms with Crippen molar-refractivity contribution in [1.29, 1.82) is 0 Å². The van der Waals surface area contributed by atoms with E-state index in [1.807, 2.05) is 0 Å². The van der Waals surface area contributed by atoms with Crippen molar-refractivity contribution in [2.45, 2.75) is 52.4 Å². The minimum atomic E-state index is 0.258. The Morgan fingerprint density at radius 1 is 1.10 bits per heavy atom. The summed E-state index contributed by atoms with van der Waals surface area (Å²) in [5.41, 5.74) is 8.66. The van der Waals surface area contributed by atoms with E-state index >= 15 is 0 Å². The Hall–Kier alpha value is -2.17. The number of aliphatic hydroxyl groups excluding tert-OH is 1. The molecule has 2 N–H and O–H groups in total. The van der Waals surface area contributed by atoms with E-state index in [1.54, 1.807) is 0 Å². The van der Waals surface area contributed by atoms with Gasteiger partial charge in [0, 0.05) is 34.4 Å². The quantitative estimate of drug-likeness (QED) is 0.633. The largest absolute Gasteiger partial charge is 0.395 e. The van der Waals surface area contributed by atoms with Gasteiger partial charge in [0.05, 0.1) is 12.3 Å². The van der Waals surface area contributed by atoms with Crippen molar-refractivity contribution in [3.8, 4) is 11.3 Å². The van der Waals surface area contributed by atoms with Gasteiger partial charge in [0.1, 0.15) is 0 Å². The first-order valence-electron chi connectivity index (χ1n) is 10.9. The van der Waals surface area contributed by atoms with Crippen LogP contribution < -0.4 is 0 Å². The number of β-amino-alcohol motifs (C(OH)–C–C–N with tert-alkyl or cyclic N) is 1. The number of aromatic amines is 1. The molecule has 0 aliphatic carbocycles. The predicted octanol–water partition coefficient (Wildman–Crippen LogP) is 5.14. The van der Waals surface area contributed by atoms with E-state index in [0.717, 1.165) is 31.0 Å². The van der Waals surface area contributed by atoms with Crippen LogP contribution in [-0.4, -0.2) is 46.2 Å². The van der Waals surface area contributed by atoms with Crippen LogP contribution >= 0.6 is 0 Å². The van der Waals surface area contributed by atoms with Crippen LogP contribution in [0.3, 0.4) is 0 Å². The van der Waals surface area contributed by atoms with Crippen molar-refractivity contribution in [3.05, 3.63) is 52.8 Å². The van der Waals surface area contributed by atoms with Gasteiger partial charge in [0.25, 0.3) is 0 Å². The number of nitrogens with one attached hydrogen (secondary N) is 1. The SMILES string of the molecule is Cc1cc(-c2[nH]c3ccc(C4CCN(CCO)CC4)cc3c2C(C)C)cc(C)n1. The summed E-state index contributed by atoms with van der Waals surface area (Å²) in [5.74, 6) is 1.05. The second-order valence-electron chi connectivity index (χ2n) is 8.85. The Morgan fingerprint density at radius 2 is 1.79 bits per heavy atom. The van der Waals surface area contributed by atoms with Crippen LogP contribution in [0.5, 0.6) is 0 Å². The highest BCUT2D eigenvalue weighted by Crippen LogP contribution is 2.38. The fourth-order valence-electron chi connectivity index (χ4n) is 4.92. The normalized spacial score (nSPS) is 16.2. The third kappa shape index (κ3) is 4.10. The first kappa shape index (κ1) is 20.1. The summed E-state index contributed by atoms with van der Waals surface area (Å²) in [7, 11) is 0. The maximum atomic E-state index is 9.18. The third-order valence-electron chi connectivity index (χ3n) is 6.29. The lowest BCUT2D eigenvalue weighted by atomic mass is 9.87. The van der Waals surface area contributed by atoms with Gasteiger partial charge >= 0.3 is 0 Å². The van der Waals surface area contributed by atoms with Crippen molar-refractivity contribution in [2.75, 3.05) is 26.2 Å². The van der Waals surface area contributed by atoms with E-state index in [1.165, 1.54) is 46.1 Å². The summed E-state index contributed by atoms with van der Waals surface area (Å²) in [6.07, 6.45) is 2.34. The number of piperidine rings is 1. The summed E-state index contributed by atoms with van der Waals surface area (Å²) in [4.78, 5) is 10.6. The molecule has 0 unspecified atom stereocenters. The topological polar surface area (TPSA) is 52.2 Å². The number of aliphatic hydroxyl groups is 1. The van der Waals surface area contributed by atoms with E-state index in [4.69, 9.17) is 0 Å². The molecule has 0 radical (unpaired) electrons.